The molecule has 0 radical (unpaired) electrons. The van der Waals surface area contributed by atoms with E-state index >= 15 is 0 Å². The molecule has 3 amide bonds. The number of anilines is 2. The van der Waals surface area contributed by atoms with E-state index in [2.05, 4.69) is 10.6 Å². The van der Waals surface area contributed by atoms with Crippen LogP contribution in [0.5, 0.6) is 11.5 Å². The minimum absolute atomic E-state index is 0.0374. The first-order valence-corrected chi connectivity index (χ1v) is 9.54. The molecule has 1 saturated carbocycles. The number of nitrogens with one attached hydrogen (secondary N) is 2. The average molecular weight is 397 g/mol. The fraction of sp³-hybridized carbons (Fsp3) is 0.333. The van der Waals surface area contributed by atoms with Gasteiger partial charge in [-0.3, -0.25) is 4.79 Å². The molecule has 8 heteroatoms. The predicted molar refractivity (Wildman–Crippen MR) is 103 cm³/mol. The third-order valence-corrected chi connectivity index (χ3v) is 5.91. The number of urea groups is 1. The molecule has 2 atom stereocenters. The summed E-state index contributed by atoms with van der Waals surface area (Å²) in [6.07, 6.45) is 1.56. The Morgan fingerprint density at radius 1 is 1.03 bits per heavy atom. The Balaban J connectivity index is 1.18. The fourth-order valence-corrected chi connectivity index (χ4v) is 4.18. The van der Waals surface area contributed by atoms with E-state index < -0.39 is 0 Å². The van der Waals surface area contributed by atoms with Gasteiger partial charge in [0.2, 0.25) is 12.7 Å². The number of fused-ring (bicyclic) bond motifs is 1. The Bertz CT molecular complexity index is 980. The quantitative estimate of drug-likeness (QED) is 0.832. The first kappa shape index (κ1) is 17.8. The van der Waals surface area contributed by atoms with Crippen LogP contribution in [-0.4, -0.2) is 36.7 Å². The third kappa shape index (κ3) is 3.35. The van der Waals surface area contributed by atoms with Crippen molar-refractivity contribution in [3.8, 4) is 11.5 Å². The average Bonchev–Trinajstić information content (AvgIpc) is 3.02. The molecule has 3 aliphatic rings. The Labute approximate surface area is 166 Å². The Kier molecular flexibility index (Phi) is 4.08. The zero-order chi connectivity index (χ0) is 20.0. The van der Waals surface area contributed by atoms with Gasteiger partial charge in [-0.25, -0.2) is 9.18 Å². The molecule has 150 valence electrons. The molecule has 2 aliphatic heterocycles. The van der Waals surface area contributed by atoms with Crippen LogP contribution in [0.25, 0.3) is 0 Å². The number of halogens is 1. The van der Waals surface area contributed by atoms with Crippen molar-refractivity contribution in [2.45, 2.75) is 12.8 Å². The van der Waals surface area contributed by atoms with E-state index in [1.165, 1.54) is 24.3 Å². The number of ether oxygens (including phenoxy) is 2. The summed E-state index contributed by atoms with van der Waals surface area (Å²) in [7, 11) is 0. The van der Waals surface area contributed by atoms with Gasteiger partial charge in [-0.05, 0) is 49.2 Å². The number of hydrogen-bond donors (Lipinski definition) is 2. The highest BCUT2D eigenvalue weighted by Gasteiger charge is 2.61. The van der Waals surface area contributed by atoms with Gasteiger partial charge in [-0.2, -0.15) is 0 Å². The van der Waals surface area contributed by atoms with Gasteiger partial charge in [0, 0.05) is 41.9 Å². The lowest BCUT2D eigenvalue weighted by atomic mass is 10.0. The van der Waals surface area contributed by atoms with Crippen molar-refractivity contribution in [1.82, 2.24) is 4.90 Å². The number of nitrogens with zero attached hydrogens (tertiary/aromatic N) is 1. The number of likely N-dealkylation sites (tertiary alicyclic amines) is 1. The van der Waals surface area contributed by atoms with Gasteiger partial charge in [0.05, 0.1) is 0 Å². The molecule has 0 bridgehead atoms. The first-order chi connectivity index (χ1) is 14.0. The summed E-state index contributed by atoms with van der Waals surface area (Å²) in [5.41, 5.74) is 1.07. The van der Waals surface area contributed by atoms with Gasteiger partial charge in [-0.15, -0.1) is 0 Å². The van der Waals surface area contributed by atoms with Crippen LogP contribution in [0.1, 0.15) is 12.8 Å². The standard InChI is InChI=1S/C21H20FN3O4/c22-13-1-3-14(4-2-13)24-20(27)25-8-7-21(11-25)10-16(21)19(26)23-15-5-6-17-18(9-15)29-12-28-17/h1-6,9,16H,7-8,10-12H2,(H,23,26)(H,24,27)/t16-,21+/m1/s1. The second kappa shape index (κ2) is 6.65. The zero-order valence-electron chi connectivity index (χ0n) is 15.6. The number of amides is 3. The fourth-order valence-electron chi connectivity index (χ4n) is 4.18. The molecule has 2 aromatic carbocycles. The lowest BCUT2D eigenvalue weighted by Gasteiger charge is -2.17. The molecule has 1 spiro atoms. The molecule has 2 aromatic rings. The predicted octanol–water partition coefficient (Wildman–Crippen LogP) is 3.44. The molecule has 2 fully saturated rings. The van der Waals surface area contributed by atoms with Crippen LogP contribution in [0, 0.1) is 17.2 Å². The van der Waals surface area contributed by atoms with Crippen molar-refractivity contribution in [1.29, 1.82) is 0 Å². The van der Waals surface area contributed by atoms with Crippen molar-refractivity contribution in [3.63, 3.8) is 0 Å². The first-order valence-electron chi connectivity index (χ1n) is 9.54. The van der Waals surface area contributed by atoms with Gasteiger partial charge in [0.25, 0.3) is 0 Å². The summed E-state index contributed by atoms with van der Waals surface area (Å²) >= 11 is 0. The van der Waals surface area contributed by atoms with E-state index in [0.717, 1.165) is 12.8 Å². The second-order valence-electron chi connectivity index (χ2n) is 7.78. The van der Waals surface area contributed by atoms with Gasteiger partial charge in [0.1, 0.15) is 5.82 Å². The molecule has 7 nitrogen and oxygen atoms in total. The van der Waals surface area contributed by atoms with Crippen LogP contribution >= 0.6 is 0 Å². The van der Waals surface area contributed by atoms with Crippen molar-refractivity contribution in [2.75, 3.05) is 30.5 Å². The molecule has 0 aromatic heterocycles. The van der Waals surface area contributed by atoms with Gasteiger partial charge >= 0.3 is 6.03 Å². The van der Waals surface area contributed by atoms with E-state index in [1.54, 1.807) is 23.1 Å². The molecule has 1 saturated heterocycles. The lowest BCUT2D eigenvalue weighted by Crippen LogP contribution is -2.33. The van der Waals surface area contributed by atoms with E-state index in [-0.39, 0.29) is 35.9 Å². The summed E-state index contributed by atoms with van der Waals surface area (Å²) < 4.78 is 23.6. The maximum atomic E-state index is 13.0. The summed E-state index contributed by atoms with van der Waals surface area (Å²) in [4.78, 5) is 26.9. The maximum absolute atomic E-state index is 13.0. The van der Waals surface area contributed by atoms with Crippen molar-refractivity contribution < 1.29 is 23.5 Å². The monoisotopic (exact) mass is 397 g/mol. The molecule has 2 N–H and O–H groups in total. The Morgan fingerprint density at radius 2 is 1.79 bits per heavy atom. The number of benzene rings is 2. The molecule has 2 heterocycles. The molecular weight excluding hydrogens is 377 g/mol. The Hall–Kier alpha value is -3.29. The highest BCUT2D eigenvalue weighted by molar-refractivity contribution is 5.96. The largest absolute Gasteiger partial charge is 0.454 e. The zero-order valence-corrected chi connectivity index (χ0v) is 15.6. The lowest BCUT2D eigenvalue weighted by molar-refractivity contribution is -0.118. The number of rotatable bonds is 3. The van der Waals surface area contributed by atoms with Gasteiger partial charge < -0.3 is 25.0 Å². The highest BCUT2D eigenvalue weighted by Crippen LogP contribution is 2.58. The summed E-state index contributed by atoms with van der Waals surface area (Å²) in [6, 6.07) is 10.8. The van der Waals surface area contributed by atoms with Crippen LogP contribution < -0.4 is 20.1 Å². The molecule has 1 aliphatic carbocycles. The van der Waals surface area contributed by atoms with E-state index in [9.17, 15) is 14.0 Å². The van der Waals surface area contributed by atoms with Gasteiger partial charge in [0.15, 0.2) is 11.5 Å². The van der Waals surface area contributed by atoms with Crippen molar-refractivity contribution in [2.24, 2.45) is 11.3 Å². The van der Waals surface area contributed by atoms with Crippen LogP contribution in [-0.2, 0) is 4.79 Å². The minimum Gasteiger partial charge on any atom is -0.454 e. The third-order valence-electron chi connectivity index (χ3n) is 5.91. The topological polar surface area (TPSA) is 79.9 Å². The smallest absolute Gasteiger partial charge is 0.321 e. The normalized spacial score (nSPS) is 23.9. The van der Waals surface area contributed by atoms with E-state index in [0.29, 0.717) is 36.0 Å². The number of hydrogen-bond acceptors (Lipinski definition) is 4. The molecule has 0 unspecified atom stereocenters. The molecule has 29 heavy (non-hydrogen) atoms. The summed E-state index contributed by atoms with van der Waals surface area (Å²) in [5.74, 6) is 0.793. The van der Waals surface area contributed by atoms with E-state index in [4.69, 9.17) is 9.47 Å². The summed E-state index contributed by atoms with van der Waals surface area (Å²) in [6.45, 7) is 1.33. The van der Waals surface area contributed by atoms with Crippen LogP contribution in [0.4, 0.5) is 20.6 Å². The highest BCUT2D eigenvalue weighted by atomic mass is 19.1. The van der Waals surface area contributed by atoms with Crippen molar-refractivity contribution in [3.05, 3.63) is 48.3 Å². The van der Waals surface area contributed by atoms with Crippen molar-refractivity contribution >= 4 is 23.3 Å². The van der Waals surface area contributed by atoms with Crippen LogP contribution in [0.3, 0.4) is 0 Å². The maximum Gasteiger partial charge on any atom is 0.321 e. The van der Waals surface area contributed by atoms with E-state index in [1.807, 2.05) is 0 Å². The minimum atomic E-state index is -0.350. The Morgan fingerprint density at radius 3 is 2.62 bits per heavy atom. The van der Waals surface area contributed by atoms with Crippen LogP contribution in [0.15, 0.2) is 42.5 Å². The summed E-state index contributed by atoms with van der Waals surface area (Å²) in [5, 5.41) is 5.72. The van der Waals surface area contributed by atoms with Crippen LogP contribution in [0.2, 0.25) is 0 Å². The number of carbonyl (C=O) groups is 2. The van der Waals surface area contributed by atoms with Gasteiger partial charge in [-0.1, -0.05) is 0 Å². The second-order valence-corrected chi connectivity index (χ2v) is 7.78. The molecular formula is C21H20FN3O4. The number of carbonyl (C=O) groups excluding carboxylic acids is 2. The molecule has 5 rings (SSSR count). The SMILES string of the molecule is O=C(Nc1ccc2c(c1)OCO2)[C@H]1C[C@]12CCN(C(=O)Nc1ccc(F)cc1)C2.